The van der Waals surface area contributed by atoms with Gasteiger partial charge in [0.25, 0.3) is 5.56 Å². The zero-order valence-electron chi connectivity index (χ0n) is 9.69. The molecule has 0 spiro atoms. The maximum atomic E-state index is 11.8. The fraction of sp³-hybridized carbons (Fsp3) is 0.636. The zero-order chi connectivity index (χ0) is 12.0. The highest BCUT2D eigenvalue weighted by molar-refractivity contribution is 9.10. The van der Waals surface area contributed by atoms with Crippen molar-refractivity contribution in [2.75, 3.05) is 31.1 Å². The molecule has 2 atom stereocenters. The molecule has 2 aliphatic heterocycles. The standard InChI is InChI=1S/C11H15BrN4O/c1-15-11(17)10(12)9(4-14-15)16-5-7-2-13-3-8(7)6-16/h4,7-8,13H,2-3,5-6H2,1H3. The molecule has 6 heteroatoms. The second-order valence-electron chi connectivity index (χ2n) is 4.86. The van der Waals surface area contributed by atoms with Crippen molar-refractivity contribution in [2.24, 2.45) is 18.9 Å². The molecule has 92 valence electrons. The Morgan fingerprint density at radius 3 is 2.71 bits per heavy atom. The summed E-state index contributed by atoms with van der Waals surface area (Å²) in [4.78, 5) is 14.1. The van der Waals surface area contributed by atoms with Crippen LogP contribution in [0, 0.1) is 11.8 Å². The molecular weight excluding hydrogens is 284 g/mol. The average molecular weight is 299 g/mol. The first-order valence-electron chi connectivity index (χ1n) is 5.84. The monoisotopic (exact) mass is 298 g/mol. The Labute approximate surface area is 108 Å². The number of halogens is 1. The molecule has 3 heterocycles. The van der Waals surface area contributed by atoms with E-state index in [0.717, 1.165) is 31.9 Å². The molecule has 2 saturated heterocycles. The van der Waals surface area contributed by atoms with Crippen molar-refractivity contribution in [3.8, 4) is 0 Å². The van der Waals surface area contributed by atoms with E-state index in [4.69, 9.17) is 0 Å². The summed E-state index contributed by atoms with van der Waals surface area (Å²) in [7, 11) is 1.67. The highest BCUT2D eigenvalue weighted by Crippen LogP contribution is 2.32. The van der Waals surface area contributed by atoms with Gasteiger partial charge in [-0.25, -0.2) is 4.68 Å². The Kier molecular flexibility index (Phi) is 2.71. The molecule has 2 aliphatic rings. The van der Waals surface area contributed by atoms with Gasteiger partial charge in [0.05, 0.1) is 11.9 Å². The Bertz CT molecular complexity index is 489. The van der Waals surface area contributed by atoms with Crippen LogP contribution < -0.4 is 15.8 Å². The summed E-state index contributed by atoms with van der Waals surface area (Å²) < 4.78 is 1.98. The van der Waals surface area contributed by atoms with Crippen LogP contribution in [0.4, 0.5) is 5.69 Å². The third-order valence-corrected chi connectivity index (χ3v) is 4.54. The normalized spacial score (nSPS) is 27.5. The van der Waals surface area contributed by atoms with Crippen LogP contribution in [-0.2, 0) is 7.05 Å². The van der Waals surface area contributed by atoms with Gasteiger partial charge in [-0.1, -0.05) is 0 Å². The number of nitrogens with one attached hydrogen (secondary N) is 1. The van der Waals surface area contributed by atoms with Gasteiger partial charge in [-0.3, -0.25) is 4.79 Å². The highest BCUT2D eigenvalue weighted by Gasteiger charge is 2.37. The first kappa shape index (κ1) is 11.2. The summed E-state index contributed by atoms with van der Waals surface area (Å²) in [6.07, 6.45) is 1.78. The fourth-order valence-corrected chi connectivity index (χ4v) is 3.38. The quantitative estimate of drug-likeness (QED) is 0.805. The van der Waals surface area contributed by atoms with E-state index in [1.165, 1.54) is 4.68 Å². The Balaban J connectivity index is 1.91. The third kappa shape index (κ3) is 1.79. The van der Waals surface area contributed by atoms with Crippen LogP contribution in [0.5, 0.6) is 0 Å². The fourth-order valence-electron chi connectivity index (χ4n) is 2.77. The van der Waals surface area contributed by atoms with E-state index in [1.54, 1.807) is 13.2 Å². The van der Waals surface area contributed by atoms with Crippen LogP contribution in [0.1, 0.15) is 0 Å². The molecule has 3 rings (SSSR count). The lowest BCUT2D eigenvalue weighted by Gasteiger charge is -2.20. The van der Waals surface area contributed by atoms with Crippen molar-refractivity contribution < 1.29 is 0 Å². The molecule has 1 N–H and O–H groups in total. The largest absolute Gasteiger partial charge is 0.368 e. The van der Waals surface area contributed by atoms with Gasteiger partial charge in [0.2, 0.25) is 0 Å². The SMILES string of the molecule is Cn1ncc(N2CC3CNCC3C2)c(Br)c1=O. The molecule has 0 radical (unpaired) electrons. The number of fused-ring (bicyclic) bond motifs is 1. The molecule has 0 aromatic carbocycles. The molecule has 0 bridgehead atoms. The lowest BCUT2D eigenvalue weighted by Crippen LogP contribution is -2.29. The topological polar surface area (TPSA) is 50.2 Å². The Hall–Kier alpha value is -0.880. The number of rotatable bonds is 1. The minimum absolute atomic E-state index is 0.0716. The molecule has 0 aliphatic carbocycles. The summed E-state index contributed by atoms with van der Waals surface area (Å²) in [6.45, 7) is 4.23. The predicted octanol–water partition coefficient (Wildman–Crippen LogP) is 0.198. The van der Waals surface area contributed by atoms with Crippen molar-refractivity contribution in [3.63, 3.8) is 0 Å². The molecule has 1 aromatic heterocycles. The van der Waals surface area contributed by atoms with Gasteiger partial charge < -0.3 is 10.2 Å². The van der Waals surface area contributed by atoms with Gasteiger partial charge in [-0.2, -0.15) is 5.10 Å². The van der Waals surface area contributed by atoms with Crippen LogP contribution in [-0.4, -0.2) is 36.0 Å². The minimum Gasteiger partial charge on any atom is -0.368 e. The summed E-state index contributed by atoms with van der Waals surface area (Å²) in [5, 5.41) is 7.51. The van der Waals surface area contributed by atoms with Crippen LogP contribution in [0.25, 0.3) is 0 Å². The first-order chi connectivity index (χ1) is 8.16. The van der Waals surface area contributed by atoms with Gasteiger partial charge in [0.1, 0.15) is 4.47 Å². The smallest absolute Gasteiger partial charge is 0.282 e. The minimum atomic E-state index is -0.0716. The van der Waals surface area contributed by atoms with E-state index in [9.17, 15) is 4.79 Å². The van der Waals surface area contributed by atoms with Crippen LogP contribution in [0.2, 0.25) is 0 Å². The highest BCUT2D eigenvalue weighted by atomic mass is 79.9. The lowest BCUT2D eigenvalue weighted by atomic mass is 10.0. The van der Waals surface area contributed by atoms with Crippen molar-refractivity contribution in [1.29, 1.82) is 0 Å². The van der Waals surface area contributed by atoms with E-state index in [2.05, 4.69) is 31.2 Å². The van der Waals surface area contributed by atoms with E-state index in [1.807, 2.05) is 0 Å². The lowest BCUT2D eigenvalue weighted by molar-refractivity contribution is 0.533. The molecule has 1 aromatic rings. The summed E-state index contributed by atoms with van der Waals surface area (Å²) in [6, 6.07) is 0. The second-order valence-corrected chi connectivity index (χ2v) is 5.65. The average Bonchev–Trinajstić information content (AvgIpc) is 2.86. The number of aryl methyl sites for hydroxylation is 1. The van der Waals surface area contributed by atoms with Crippen molar-refractivity contribution in [2.45, 2.75) is 0 Å². The summed E-state index contributed by atoms with van der Waals surface area (Å²) in [5.41, 5.74) is 0.861. The van der Waals surface area contributed by atoms with E-state index in [0.29, 0.717) is 16.3 Å². The van der Waals surface area contributed by atoms with Crippen LogP contribution in [0.3, 0.4) is 0 Å². The van der Waals surface area contributed by atoms with E-state index in [-0.39, 0.29) is 5.56 Å². The van der Waals surface area contributed by atoms with Gasteiger partial charge in [0.15, 0.2) is 0 Å². The second kappa shape index (κ2) is 4.10. The van der Waals surface area contributed by atoms with Crippen molar-refractivity contribution in [3.05, 3.63) is 21.0 Å². The Morgan fingerprint density at radius 1 is 1.41 bits per heavy atom. The number of hydrogen-bond acceptors (Lipinski definition) is 4. The van der Waals surface area contributed by atoms with Crippen LogP contribution >= 0.6 is 15.9 Å². The number of hydrogen-bond donors (Lipinski definition) is 1. The van der Waals surface area contributed by atoms with Crippen LogP contribution in [0.15, 0.2) is 15.5 Å². The van der Waals surface area contributed by atoms with Gasteiger partial charge in [-0.15, -0.1) is 0 Å². The van der Waals surface area contributed by atoms with Crippen molar-refractivity contribution >= 4 is 21.6 Å². The maximum absolute atomic E-state index is 11.8. The molecule has 5 nitrogen and oxygen atoms in total. The zero-order valence-corrected chi connectivity index (χ0v) is 11.3. The molecule has 2 unspecified atom stereocenters. The molecule has 0 amide bonds. The third-order valence-electron chi connectivity index (χ3n) is 3.79. The number of aromatic nitrogens is 2. The Morgan fingerprint density at radius 2 is 2.06 bits per heavy atom. The van der Waals surface area contributed by atoms with Gasteiger partial charge in [-0.05, 0) is 27.8 Å². The molecule has 17 heavy (non-hydrogen) atoms. The van der Waals surface area contributed by atoms with Gasteiger partial charge in [0, 0.05) is 33.2 Å². The van der Waals surface area contributed by atoms with Crippen molar-refractivity contribution in [1.82, 2.24) is 15.1 Å². The number of nitrogens with zero attached hydrogens (tertiary/aromatic N) is 3. The molecule has 0 saturated carbocycles. The first-order valence-corrected chi connectivity index (χ1v) is 6.63. The molecular formula is C11H15BrN4O. The summed E-state index contributed by atoms with van der Waals surface area (Å²) in [5.74, 6) is 1.43. The van der Waals surface area contributed by atoms with E-state index >= 15 is 0 Å². The molecule has 2 fully saturated rings. The maximum Gasteiger partial charge on any atom is 0.282 e. The van der Waals surface area contributed by atoms with E-state index < -0.39 is 0 Å². The van der Waals surface area contributed by atoms with Gasteiger partial charge >= 0.3 is 0 Å². The summed E-state index contributed by atoms with van der Waals surface area (Å²) >= 11 is 3.39. The predicted molar refractivity (Wildman–Crippen MR) is 69.2 cm³/mol. The number of anilines is 1.